The molecule has 0 radical (unpaired) electrons. The van der Waals surface area contributed by atoms with Gasteiger partial charge in [-0.05, 0) is 42.9 Å². The molecule has 1 saturated heterocycles. The van der Waals surface area contributed by atoms with Crippen LogP contribution in [0, 0.1) is 12.3 Å². The third-order valence-corrected chi connectivity index (χ3v) is 3.52. The molecule has 1 aromatic carbocycles. The first-order chi connectivity index (χ1) is 9.33. The summed E-state index contributed by atoms with van der Waals surface area (Å²) in [4.78, 5) is 0. The van der Waals surface area contributed by atoms with Gasteiger partial charge >= 0.3 is 0 Å². The first kappa shape index (κ1) is 12.2. The smallest absolute Gasteiger partial charge is 0.150 e. The molecule has 19 heavy (non-hydrogen) atoms. The molecule has 0 unspecified atom stereocenters. The minimum absolute atomic E-state index is 0.00502. The molecule has 0 spiro atoms. The molecule has 98 valence electrons. The van der Waals surface area contributed by atoms with Crippen LogP contribution in [0.5, 0.6) is 0 Å². The number of terminal acetylenes is 1. The van der Waals surface area contributed by atoms with Crippen molar-refractivity contribution in [3.05, 3.63) is 29.5 Å². The van der Waals surface area contributed by atoms with Crippen LogP contribution in [-0.2, 0) is 11.3 Å². The van der Waals surface area contributed by atoms with E-state index in [1.54, 1.807) is 0 Å². The van der Waals surface area contributed by atoms with Crippen molar-refractivity contribution in [3.8, 4) is 12.3 Å². The van der Waals surface area contributed by atoms with E-state index >= 15 is 0 Å². The van der Waals surface area contributed by atoms with Crippen LogP contribution in [0.4, 0.5) is 0 Å². The van der Waals surface area contributed by atoms with Gasteiger partial charge in [0.05, 0.1) is 12.1 Å². The standard InChI is InChI=1S/C15H16N2O2/c1-2-13-12-9-11(10-18)6-7-14(12)17(16-13)15-5-3-4-8-19-15/h1,6-7,9,15,18H,3-5,8,10H2/t15-/m0/s1. The fraction of sp³-hybridized carbons (Fsp3) is 0.400. The molecule has 0 saturated carbocycles. The molecule has 1 N–H and O–H groups in total. The van der Waals surface area contributed by atoms with Crippen LogP contribution in [0.15, 0.2) is 18.2 Å². The van der Waals surface area contributed by atoms with Crippen molar-refractivity contribution < 1.29 is 9.84 Å². The highest BCUT2D eigenvalue weighted by Gasteiger charge is 2.20. The van der Waals surface area contributed by atoms with Gasteiger partial charge in [0.15, 0.2) is 6.23 Å². The molecule has 2 heterocycles. The van der Waals surface area contributed by atoms with Crippen molar-refractivity contribution in [1.82, 2.24) is 9.78 Å². The Balaban J connectivity index is 2.12. The van der Waals surface area contributed by atoms with Crippen molar-refractivity contribution in [2.75, 3.05) is 6.61 Å². The summed E-state index contributed by atoms with van der Waals surface area (Å²) < 4.78 is 7.65. The Morgan fingerprint density at radius 1 is 1.47 bits per heavy atom. The van der Waals surface area contributed by atoms with E-state index in [0.717, 1.165) is 42.3 Å². The topological polar surface area (TPSA) is 47.3 Å². The summed E-state index contributed by atoms with van der Waals surface area (Å²) in [6, 6.07) is 5.74. The maximum absolute atomic E-state index is 9.21. The molecular formula is C15H16N2O2. The zero-order valence-corrected chi connectivity index (χ0v) is 10.7. The quantitative estimate of drug-likeness (QED) is 0.838. The van der Waals surface area contributed by atoms with Crippen molar-refractivity contribution in [3.63, 3.8) is 0 Å². The van der Waals surface area contributed by atoms with Crippen LogP contribution in [0.1, 0.15) is 36.7 Å². The Labute approximate surface area is 112 Å². The van der Waals surface area contributed by atoms with Crippen molar-refractivity contribution >= 4 is 10.9 Å². The summed E-state index contributed by atoms with van der Waals surface area (Å²) in [5.41, 5.74) is 2.42. The normalized spacial score (nSPS) is 19.5. The van der Waals surface area contributed by atoms with Crippen LogP contribution >= 0.6 is 0 Å². The molecule has 0 aliphatic carbocycles. The molecule has 4 nitrogen and oxygen atoms in total. The zero-order valence-electron chi connectivity index (χ0n) is 10.7. The van der Waals surface area contributed by atoms with Gasteiger partial charge in [0, 0.05) is 12.0 Å². The zero-order chi connectivity index (χ0) is 13.2. The third-order valence-electron chi connectivity index (χ3n) is 3.52. The number of aromatic nitrogens is 2. The van der Waals surface area contributed by atoms with E-state index in [1.807, 2.05) is 22.9 Å². The number of rotatable bonds is 2. The summed E-state index contributed by atoms with van der Waals surface area (Å²) in [7, 11) is 0. The number of hydrogen-bond acceptors (Lipinski definition) is 3. The predicted octanol–water partition coefficient (Wildman–Crippen LogP) is 2.21. The van der Waals surface area contributed by atoms with Crippen LogP contribution in [0.3, 0.4) is 0 Å². The van der Waals surface area contributed by atoms with Crippen LogP contribution in [-0.4, -0.2) is 21.5 Å². The van der Waals surface area contributed by atoms with Gasteiger partial charge in [-0.1, -0.05) is 6.07 Å². The fourth-order valence-electron chi connectivity index (χ4n) is 2.53. The number of benzene rings is 1. The van der Waals surface area contributed by atoms with Crippen molar-refractivity contribution in [1.29, 1.82) is 0 Å². The molecular weight excluding hydrogens is 240 g/mol. The number of nitrogens with zero attached hydrogens (tertiary/aromatic N) is 2. The molecule has 0 bridgehead atoms. The molecule has 0 amide bonds. The summed E-state index contributed by atoms with van der Waals surface area (Å²) in [6.45, 7) is 0.775. The number of aliphatic hydroxyl groups is 1. The minimum atomic E-state index is -0.0293. The summed E-state index contributed by atoms with van der Waals surface area (Å²) >= 11 is 0. The summed E-state index contributed by atoms with van der Waals surface area (Å²) in [5, 5.41) is 14.6. The maximum Gasteiger partial charge on any atom is 0.150 e. The molecule has 2 aromatic rings. The van der Waals surface area contributed by atoms with Crippen LogP contribution in [0.25, 0.3) is 10.9 Å². The SMILES string of the molecule is C#Cc1nn([C@@H]2CCCCO2)c2ccc(CO)cc12. The lowest BCUT2D eigenvalue weighted by atomic mass is 10.1. The van der Waals surface area contributed by atoms with E-state index in [1.165, 1.54) is 0 Å². The second-order valence-electron chi connectivity index (χ2n) is 4.77. The van der Waals surface area contributed by atoms with E-state index < -0.39 is 0 Å². The van der Waals surface area contributed by atoms with Gasteiger partial charge in [0.25, 0.3) is 0 Å². The van der Waals surface area contributed by atoms with Gasteiger partial charge in [-0.3, -0.25) is 0 Å². The number of fused-ring (bicyclic) bond motifs is 1. The Hall–Kier alpha value is -1.83. The lowest BCUT2D eigenvalue weighted by Gasteiger charge is -2.23. The average molecular weight is 256 g/mol. The van der Waals surface area contributed by atoms with E-state index in [9.17, 15) is 5.11 Å². The Bertz CT molecular complexity index is 633. The van der Waals surface area contributed by atoms with Gasteiger partial charge in [0.2, 0.25) is 0 Å². The van der Waals surface area contributed by atoms with Crippen LogP contribution < -0.4 is 0 Å². The predicted molar refractivity (Wildman–Crippen MR) is 72.4 cm³/mol. The van der Waals surface area contributed by atoms with Gasteiger partial charge in [-0.15, -0.1) is 6.42 Å². The number of aliphatic hydroxyl groups excluding tert-OH is 1. The minimum Gasteiger partial charge on any atom is -0.392 e. The Morgan fingerprint density at radius 2 is 2.37 bits per heavy atom. The van der Waals surface area contributed by atoms with Gasteiger partial charge in [-0.2, -0.15) is 5.10 Å². The molecule has 1 fully saturated rings. The molecule has 4 heteroatoms. The summed E-state index contributed by atoms with van der Waals surface area (Å²) in [5.74, 6) is 2.61. The fourth-order valence-corrected chi connectivity index (χ4v) is 2.53. The van der Waals surface area contributed by atoms with Gasteiger partial charge < -0.3 is 9.84 Å². The van der Waals surface area contributed by atoms with Gasteiger partial charge in [0.1, 0.15) is 5.69 Å². The highest BCUT2D eigenvalue weighted by atomic mass is 16.5. The molecule has 1 aliphatic heterocycles. The summed E-state index contributed by atoms with van der Waals surface area (Å²) in [6.07, 6.45) is 8.70. The van der Waals surface area contributed by atoms with Crippen molar-refractivity contribution in [2.45, 2.75) is 32.1 Å². The highest BCUT2D eigenvalue weighted by molar-refractivity contribution is 5.85. The van der Waals surface area contributed by atoms with E-state index in [-0.39, 0.29) is 12.8 Å². The number of hydrogen-bond donors (Lipinski definition) is 1. The largest absolute Gasteiger partial charge is 0.392 e. The van der Waals surface area contributed by atoms with Crippen LogP contribution in [0.2, 0.25) is 0 Å². The van der Waals surface area contributed by atoms with Gasteiger partial charge in [-0.25, -0.2) is 4.68 Å². The lowest BCUT2D eigenvalue weighted by molar-refractivity contribution is -0.0367. The monoisotopic (exact) mass is 256 g/mol. The molecule has 3 rings (SSSR count). The third kappa shape index (κ3) is 2.12. The Kier molecular flexibility index (Phi) is 3.24. The van der Waals surface area contributed by atoms with Crippen molar-refractivity contribution in [2.24, 2.45) is 0 Å². The molecule has 1 aromatic heterocycles. The highest BCUT2D eigenvalue weighted by Crippen LogP contribution is 2.28. The van der Waals surface area contributed by atoms with E-state index in [2.05, 4.69) is 11.0 Å². The molecule has 1 aliphatic rings. The lowest BCUT2D eigenvalue weighted by Crippen LogP contribution is -2.19. The maximum atomic E-state index is 9.21. The van der Waals surface area contributed by atoms with E-state index in [4.69, 9.17) is 11.2 Å². The molecule has 1 atom stereocenters. The first-order valence-electron chi connectivity index (χ1n) is 6.53. The average Bonchev–Trinajstić information content (AvgIpc) is 2.86. The number of ether oxygens (including phenoxy) is 1. The second kappa shape index (κ2) is 5.04. The first-order valence-corrected chi connectivity index (χ1v) is 6.53. The Morgan fingerprint density at radius 3 is 3.05 bits per heavy atom. The van der Waals surface area contributed by atoms with E-state index in [0.29, 0.717) is 5.69 Å². The second-order valence-corrected chi connectivity index (χ2v) is 4.77.